The van der Waals surface area contributed by atoms with Crippen molar-refractivity contribution >= 4 is 11.8 Å². The lowest BCUT2D eigenvalue weighted by Gasteiger charge is -2.40. The van der Waals surface area contributed by atoms with E-state index in [0.29, 0.717) is 18.7 Å². The quantitative estimate of drug-likeness (QED) is 0.347. The lowest BCUT2D eigenvalue weighted by molar-refractivity contribution is -0.137. The summed E-state index contributed by atoms with van der Waals surface area (Å²) in [4.78, 5) is 31.2. The molecule has 40 heavy (non-hydrogen) atoms. The summed E-state index contributed by atoms with van der Waals surface area (Å²) in [6.07, 6.45) is 3.95. The third kappa shape index (κ3) is 8.40. The van der Waals surface area contributed by atoms with Gasteiger partial charge < -0.3 is 25.2 Å². The van der Waals surface area contributed by atoms with Crippen LogP contribution in [-0.2, 0) is 19.7 Å². The molecule has 3 unspecified atom stereocenters. The van der Waals surface area contributed by atoms with Crippen molar-refractivity contribution in [1.29, 1.82) is 0 Å². The zero-order chi connectivity index (χ0) is 30.3. The predicted molar refractivity (Wildman–Crippen MR) is 165 cm³/mol. The highest BCUT2D eigenvalue weighted by Gasteiger charge is 2.38. The van der Waals surface area contributed by atoms with Gasteiger partial charge in [0.05, 0.1) is 24.7 Å². The topological polar surface area (TPSA) is 73.9 Å². The molecular formula is C33H56N4O3. The van der Waals surface area contributed by atoms with Crippen molar-refractivity contribution in [3.63, 3.8) is 0 Å². The minimum Gasteiger partial charge on any atom is -0.383 e. The Labute approximate surface area is 244 Å². The monoisotopic (exact) mass is 556 g/mol. The maximum absolute atomic E-state index is 14.1. The molecular weight excluding hydrogens is 500 g/mol. The van der Waals surface area contributed by atoms with Crippen LogP contribution in [0.15, 0.2) is 42.0 Å². The lowest BCUT2D eigenvalue weighted by Crippen LogP contribution is -2.59. The number of hydrogen-bond acceptors (Lipinski definition) is 5. The van der Waals surface area contributed by atoms with E-state index in [4.69, 9.17) is 4.74 Å². The van der Waals surface area contributed by atoms with Crippen LogP contribution in [0.2, 0.25) is 0 Å². The molecule has 1 aliphatic heterocycles. The summed E-state index contributed by atoms with van der Waals surface area (Å²) in [6, 6.07) is 10.1. The number of methoxy groups -OCH3 is 1. The number of carbonyl (C=O) groups excluding carboxylic acids is 2. The maximum atomic E-state index is 14.1. The van der Waals surface area contributed by atoms with E-state index in [1.165, 1.54) is 5.56 Å². The SMILES string of the molecule is CNC(CNC(C(=O)N(C)C(/C=C(\C)C(=O)N1CCC[C@H]1COC)C(C)C)C(C)(C)C)C(C)(C)c1ccccc1. The molecule has 0 aromatic heterocycles. The molecule has 1 aliphatic rings. The van der Waals surface area contributed by atoms with E-state index < -0.39 is 6.04 Å². The van der Waals surface area contributed by atoms with Gasteiger partial charge in [-0.3, -0.25) is 9.59 Å². The summed E-state index contributed by atoms with van der Waals surface area (Å²) in [5, 5.41) is 7.12. The molecule has 0 saturated carbocycles. The normalized spacial score (nSPS) is 19.1. The second kappa shape index (κ2) is 14.6. The van der Waals surface area contributed by atoms with Crippen LogP contribution >= 0.6 is 0 Å². The van der Waals surface area contributed by atoms with E-state index in [1.54, 1.807) is 7.11 Å². The van der Waals surface area contributed by atoms with Gasteiger partial charge in [-0.2, -0.15) is 0 Å². The number of benzene rings is 1. The van der Waals surface area contributed by atoms with Crippen molar-refractivity contribution in [2.75, 3.05) is 40.9 Å². The molecule has 1 fully saturated rings. The van der Waals surface area contributed by atoms with Crippen molar-refractivity contribution in [2.24, 2.45) is 11.3 Å². The molecule has 2 rings (SSSR count). The average Bonchev–Trinajstić information content (AvgIpc) is 3.36. The van der Waals surface area contributed by atoms with Gasteiger partial charge in [-0.1, -0.05) is 84.9 Å². The van der Waals surface area contributed by atoms with Crippen LogP contribution in [0.4, 0.5) is 0 Å². The van der Waals surface area contributed by atoms with Gasteiger partial charge in [-0.25, -0.2) is 0 Å². The highest BCUT2D eigenvalue weighted by molar-refractivity contribution is 5.93. The molecule has 226 valence electrons. The summed E-state index contributed by atoms with van der Waals surface area (Å²) >= 11 is 0. The first-order chi connectivity index (χ1) is 18.7. The van der Waals surface area contributed by atoms with Crippen molar-refractivity contribution in [3.8, 4) is 0 Å². The zero-order valence-electron chi connectivity index (χ0n) is 27.0. The van der Waals surface area contributed by atoms with E-state index >= 15 is 0 Å². The first-order valence-corrected chi connectivity index (χ1v) is 14.9. The molecule has 7 heteroatoms. The number of rotatable bonds is 13. The van der Waals surface area contributed by atoms with Crippen LogP contribution < -0.4 is 10.6 Å². The van der Waals surface area contributed by atoms with Crippen LogP contribution in [0, 0.1) is 11.3 Å². The number of ether oxygens (including phenoxy) is 1. The number of nitrogens with zero attached hydrogens (tertiary/aromatic N) is 2. The van der Waals surface area contributed by atoms with Gasteiger partial charge in [0.2, 0.25) is 11.8 Å². The molecule has 1 saturated heterocycles. The third-order valence-corrected chi connectivity index (χ3v) is 8.61. The summed E-state index contributed by atoms with van der Waals surface area (Å²) in [7, 11) is 5.53. The first kappa shape index (κ1) is 34.0. The van der Waals surface area contributed by atoms with Crippen LogP contribution in [0.1, 0.15) is 73.8 Å². The van der Waals surface area contributed by atoms with Gasteiger partial charge in [-0.15, -0.1) is 0 Å². The molecule has 2 N–H and O–H groups in total. The molecule has 1 aromatic rings. The second-order valence-electron chi connectivity index (χ2n) is 13.4. The Morgan fingerprint density at radius 3 is 2.30 bits per heavy atom. The van der Waals surface area contributed by atoms with Crippen LogP contribution in [-0.4, -0.2) is 86.7 Å². The largest absolute Gasteiger partial charge is 0.383 e. The Hall–Kier alpha value is -2.22. The van der Waals surface area contributed by atoms with E-state index in [-0.39, 0.29) is 46.7 Å². The minimum atomic E-state index is -0.393. The van der Waals surface area contributed by atoms with Gasteiger partial charge >= 0.3 is 0 Å². The van der Waals surface area contributed by atoms with E-state index in [1.807, 2.05) is 43.0 Å². The van der Waals surface area contributed by atoms with E-state index in [0.717, 1.165) is 19.4 Å². The Kier molecular flexibility index (Phi) is 12.4. The number of hydrogen-bond donors (Lipinski definition) is 2. The molecule has 0 radical (unpaired) electrons. The fourth-order valence-corrected chi connectivity index (χ4v) is 5.91. The van der Waals surface area contributed by atoms with Crippen LogP contribution in [0.25, 0.3) is 0 Å². The maximum Gasteiger partial charge on any atom is 0.249 e. The summed E-state index contributed by atoms with van der Waals surface area (Å²) in [5.41, 5.74) is 1.49. The number of carbonyl (C=O) groups is 2. The summed E-state index contributed by atoms with van der Waals surface area (Å²) in [6.45, 7) is 18.8. The highest BCUT2D eigenvalue weighted by Crippen LogP contribution is 2.29. The average molecular weight is 557 g/mol. The minimum absolute atomic E-state index is 0.0356. The van der Waals surface area contributed by atoms with Gasteiger partial charge in [-0.05, 0) is 43.7 Å². The van der Waals surface area contributed by atoms with Gasteiger partial charge in [0.25, 0.3) is 0 Å². The predicted octanol–water partition coefficient (Wildman–Crippen LogP) is 4.62. The molecule has 1 aromatic carbocycles. The standard InChI is InChI=1S/C33H56N4O3/c1-23(2)27(20-24(3)30(38)37-19-15-18-26(37)22-40-11)36(10)31(39)29(32(4,5)6)35-21-28(34-9)33(7,8)25-16-13-12-14-17-25/h12-14,16-17,20,23,26-29,34-35H,15,18-19,21-22H2,1-11H3/b24-20+/t26-,27?,28?,29?/m0/s1. The summed E-state index contributed by atoms with van der Waals surface area (Å²) in [5.74, 6) is 0.220. The molecule has 0 spiro atoms. The molecule has 0 bridgehead atoms. The Morgan fingerprint density at radius 1 is 1.15 bits per heavy atom. The summed E-state index contributed by atoms with van der Waals surface area (Å²) < 4.78 is 5.35. The molecule has 4 atom stereocenters. The third-order valence-electron chi connectivity index (χ3n) is 8.61. The first-order valence-electron chi connectivity index (χ1n) is 14.9. The number of likely N-dealkylation sites (N-methyl/N-ethyl adjacent to an activating group) is 2. The second-order valence-corrected chi connectivity index (χ2v) is 13.4. The fourth-order valence-electron chi connectivity index (χ4n) is 5.91. The molecule has 2 amide bonds. The Morgan fingerprint density at radius 2 is 1.77 bits per heavy atom. The fraction of sp³-hybridized carbons (Fsp3) is 0.697. The van der Waals surface area contributed by atoms with Crippen molar-refractivity contribution in [2.45, 2.75) is 97.8 Å². The number of likely N-dealkylation sites (tertiary alicyclic amines) is 1. The highest BCUT2D eigenvalue weighted by atomic mass is 16.5. The van der Waals surface area contributed by atoms with Gasteiger partial charge in [0.1, 0.15) is 0 Å². The van der Waals surface area contributed by atoms with E-state index in [9.17, 15) is 9.59 Å². The van der Waals surface area contributed by atoms with Crippen molar-refractivity contribution < 1.29 is 14.3 Å². The van der Waals surface area contributed by atoms with Crippen molar-refractivity contribution in [1.82, 2.24) is 20.4 Å². The zero-order valence-corrected chi connectivity index (χ0v) is 27.0. The van der Waals surface area contributed by atoms with Crippen molar-refractivity contribution in [3.05, 3.63) is 47.5 Å². The smallest absolute Gasteiger partial charge is 0.249 e. The number of nitrogens with one attached hydrogen (secondary N) is 2. The molecule has 7 nitrogen and oxygen atoms in total. The molecule has 1 heterocycles. The Bertz CT molecular complexity index is 983. The number of amides is 2. The molecule has 0 aliphatic carbocycles. The van der Waals surface area contributed by atoms with Crippen LogP contribution in [0.3, 0.4) is 0 Å². The van der Waals surface area contributed by atoms with E-state index in [2.05, 4.69) is 83.4 Å². The van der Waals surface area contributed by atoms with Gasteiger partial charge in [0.15, 0.2) is 0 Å². The van der Waals surface area contributed by atoms with Gasteiger partial charge in [0, 0.05) is 44.3 Å². The Balaban J connectivity index is 2.25. The lowest BCUT2D eigenvalue weighted by atomic mass is 9.77. The van der Waals surface area contributed by atoms with Crippen LogP contribution in [0.5, 0.6) is 0 Å².